The molecule has 2 N–H and O–H groups in total. The van der Waals surface area contributed by atoms with Gasteiger partial charge in [0.2, 0.25) is 0 Å². The highest BCUT2D eigenvalue weighted by Crippen LogP contribution is 2.30. The molecule has 76 valence electrons. The van der Waals surface area contributed by atoms with Gasteiger partial charge in [0.05, 0.1) is 0 Å². The standard InChI is InChI=1S/C10H20N2S/c11-8-9(12-5-3-6-12)10-4-1-2-7-13-10/h9-10H,1-8,11H2. The van der Waals surface area contributed by atoms with E-state index in [1.165, 1.54) is 44.5 Å². The van der Waals surface area contributed by atoms with Gasteiger partial charge < -0.3 is 5.73 Å². The minimum Gasteiger partial charge on any atom is -0.329 e. The van der Waals surface area contributed by atoms with Crippen LogP contribution in [0, 0.1) is 0 Å². The van der Waals surface area contributed by atoms with Crippen molar-refractivity contribution in [3.8, 4) is 0 Å². The molecule has 0 radical (unpaired) electrons. The quantitative estimate of drug-likeness (QED) is 0.745. The molecule has 0 aromatic carbocycles. The molecule has 2 saturated heterocycles. The third-order valence-electron chi connectivity index (χ3n) is 3.25. The molecule has 2 fully saturated rings. The molecule has 2 rings (SSSR count). The van der Waals surface area contributed by atoms with Crippen LogP contribution in [0.3, 0.4) is 0 Å². The van der Waals surface area contributed by atoms with Crippen LogP contribution in [0.5, 0.6) is 0 Å². The Kier molecular flexibility index (Phi) is 3.52. The number of hydrogen-bond donors (Lipinski definition) is 1. The zero-order valence-electron chi connectivity index (χ0n) is 8.24. The lowest BCUT2D eigenvalue weighted by atomic mass is 10.0. The van der Waals surface area contributed by atoms with E-state index in [1.807, 2.05) is 0 Å². The highest BCUT2D eigenvalue weighted by atomic mass is 32.2. The highest BCUT2D eigenvalue weighted by Gasteiger charge is 2.30. The van der Waals surface area contributed by atoms with E-state index < -0.39 is 0 Å². The van der Waals surface area contributed by atoms with E-state index in [0.717, 1.165) is 11.8 Å². The van der Waals surface area contributed by atoms with Crippen LogP contribution in [0.2, 0.25) is 0 Å². The Morgan fingerprint density at radius 3 is 2.62 bits per heavy atom. The number of thioether (sulfide) groups is 1. The largest absolute Gasteiger partial charge is 0.329 e. The maximum absolute atomic E-state index is 5.86. The summed E-state index contributed by atoms with van der Waals surface area (Å²) >= 11 is 2.15. The van der Waals surface area contributed by atoms with Gasteiger partial charge >= 0.3 is 0 Å². The van der Waals surface area contributed by atoms with Crippen LogP contribution >= 0.6 is 11.8 Å². The third-order valence-corrected chi connectivity index (χ3v) is 4.75. The van der Waals surface area contributed by atoms with E-state index in [0.29, 0.717) is 6.04 Å². The average molecular weight is 200 g/mol. The van der Waals surface area contributed by atoms with E-state index in [-0.39, 0.29) is 0 Å². The maximum atomic E-state index is 5.86. The zero-order chi connectivity index (χ0) is 9.10. The molecule has 0 spiro atoms. The van der Waals surface area contributed by atoms with E-state index in [1.54, 1.807) is 0 Å². The second-order valence-electron chi connectivity index (χ2n) is 4.10. The molecule has 2 heterocycles. The summed E-state index contributed by atoms with van der Waals surface area (Å²) in [6.07, 6.45) is 5.61. The first-order valence-corrected chi connectivity index (χ1v) is 6.52. The van der Waals surface area contributed by atoms with E-state index in [9.17, 15) is 0 Å². The van der Waals surface area contributed by atoms with Gasteiger partial charge in [-0.1, -0.05) is 6.42 Å². The van der Waals surface area contributed by atoms with Crippen molar-refractivity contribution in [2.45, 2.75) is 37.0 Å². The predicted molar refractivity (Wildman–Crippen MR) is 59.1 cm³/mol. The number of nitrogens with zero attached hydrogens (tertiary/aromatic N) is 1. The molecule has 0 amide bonds. The Hall–Kier alpha value is 0.270. The molecule has 0 bridgehead atoms. The average Bonchev–Trinajstić information content (AvgIpc) is 2.12. The molecule has 2 nitrogen and oxygen atoms in total. The minimum atomic E-state index is 0.680. The van der Waals surface area contributed by atoms with E-state index in [4.69, 9.17) is 5.73 Å². The van der Waals surface area contributed by atoms with E-state index in [2.05, 4.69) is 16.7 Å². The normalized spacial score (nSPS) is 32.5. The lowest BCUT2D eigenvalue weighted by Crippen LogP contribution is -2.53. The molecule has 2 aliphatic heterocycles. The van der Waals surface area contributed by atoms with Gasteiger partial charge in [0.25, 0.3) is 0 Å². The van der Waals surface area contributed by atoms with Crippen molar-refractivity contribution in [1.82, 2.24) is 4.90 Å². The van der Waals surface area contributed by atoms with Crippen LogP contribution in [-0.4, -0.2) is 41.6 Å². The van der Waals surface area contributed by atoms with Crippen molar-refractivity contribution in [3.05, 3.63) is 0 Å². The monoisotopic (exact) mass is 200 g/mol. The topological polar surface area (TPSA) is 29.3 Å². The lowest BCUT2D eigenvalue weighted by Gasteiger charge is -2.42. The molecule has 0 aliphatic carbocycles. The first-order chi connectivity index (χ1) is 6.42. The molecular weight excluding hydrogens is 180 g/mol. The fraction of sp³-hybridized carbons (Fsp3) is 1.00. The Bertz CT molecular complexity index is 153. The Balaban J connectivity index is 1.86. The predicted octanol–water partition coefficient (Wildman–Crippen LogP) is 1.31. The Labute approximate surface area is 85.2 Å². The van der Waals surface area contributed by atoms with Gasteiger partial charge in [-0.3, -0.25) is 4.90 Å². The van der Waals surface area contributed by atoms with Crippen molar-refractivity contribution in [3.63, 3.8) is 0 Å². The lowest BCUT2D eigenvalue weighted by molar-refractivity contribution is 0.117. The molecule has 2 aliphatic rings. The summed E-state index contributed by atoms with van der Waals surface area (Å²) in [6, 6.07) is 0.680. The van der Waals surface area contributed by atoms with Crippen molar-refractivity contribution < 1.29 is 0 Å². The molecule has 0 aromatic rings. The van der Waals surface area contributed by atoms with Gasteiger partial charge in [-0.05, 0) is 38.1 Å². The van der Waals surface area contributed by atoms with Gasteiger partial charge in [-0.25, -0.2) is 0 Å². The summed E-state index contributed by atoms with van der Waals surface area (Å²) < 4.78 is 0. The Morgan fingerprint density at radius 2 is 2.15 bits per heavy atom. The first-order valence-electron chi connectivity index (χ1n) is 5.47. The summed E-state index contributed by atoms with van der Waals surface area (Å²) in [5.41, 5.74) is 5.86. The van der Waals surface area contributed by atoms with Crippen molar-refractivity contribution in [2.75, 3.05) is 25.4 Å². The molecule has 2 atom stereocenters. The van der Waals surface area contributed by atoms with Gasteiger partial charge in [0, 0.05) is 17.8 Å². The summed E-state index contributed by atoms with van der Waals surface area (Å²) in [7, 11) is 0. The van der Waals surface area contributed by atoms with Crippen LogP contribution in [0.4, 0.5) is 0 Å². The highest BCUT2D eigenvalue weighted by molar-refractivity contribution is 8.00. The van der Waals surface area contributed by atoms with Gasteiger partial charge in [-0.15, -0.1) is 0 Å². The molecule has 2 unspecified atom stereocenters. The van der Waals surface area contributed by atoms with Crippen LogP contribution < -0.4 is 5.73 Å². The molecule has 13 heavy (non-hydrogen) atoms. The smallest absolute Gasteiger partial charge is 0.0337 e. The van der Waals surface area contributed by atoms with Crippen molar-refractivity contribution in [2.24, 2.45) is 5.73 Å². The van der Waals surface area contributed by atoms with Gasteiger partial charge in [0.15, 0.2) is 0 Å². The van der Waals surface area contributed by atoms with Gasteiger partial charge in [0.1, 0.15) is 0 Å². The zero-order valence-corrected chi connectivity index (χ0v) is 9.06. The molecular formula is C10H20N2S. The van der Waals surface area contributed by atoms with Crippen molar-refractivity contribution >= 4 is 11.8 Å². The summed E-state index contributed by atoms with van der Waals surface area (Å²) in [6.45, 7) is 3.44. The first kappa shape index (κ1) is 9.81. The fourth-order valence-corrected chi connectivity index (χ4v) is 3.79. The fourth-order valence-electron chi connectivity index (χ4n) is 2.28. The molecule has 0 aromatic heterocycles. The van der Waals surface area contributed by atoms with Crippen LogP contribution in [-0.2, 0) is 0 Å². The van der Waals surface area contributed by atoms with E-state index >= 15 is 0 Å². The van der Waals surface area contributed by atoms with Gasteiger partial charge in [-0.2, -0.15) is 11.8 Å². The SMILES string of the molecule is NCC(C1CCCCS1)N1CCC1. The summed E-state index contributed by atoms with van der Waals surface area (Å²) in [4.78, 5) is 2.57. The molecule has 0 saturated carbocycles. The minimum absolute atomic E-state index is 0.680. The van der Waals surface area contributed by atoms with Crippen LogP contribution in [0.25, 0.3) is 0 Å². The number of likely N-dealkylation sites (tertiary alicyclic amines) is 1. The third kappa shape index (κ3) is 2.20. The summed E-state index contributed by atoms with van der Waals surface area (Å²) in [5, 5.41) is 0.832. The Morgan fingerprint density at radius 1 is 1.31 bits per heavy atom. The second kappa shape index (κ2) is 4.67. The van der Waals surface area contributed by atoms with Crippen LogP contribution in [0.15, 0.2) is 0 Å². The number of hydrogen-bond acceptors (Lipinski definition) is 3. The van der Waals surface area contributed by atoms with Crippen molar-refractivity contribution in [1.29, 1.82) is 0 Å². The molecule has 3 heteroatoms. The second-order valence-corrected chi connectivity index (χ2v) is 5.44. The maximum Gasteiger partial charge on any atom is 0.0337 e. The van der Waals surface area contributed by atoms with Crippen LogP contribution in [0.1, 0.15) is 25.7 Å². The number of nitrogens with two attached hydrogens (primary N) is 1. The summed E-state index contributed by atoms with van der Waals surface area (Å²) in [5.74, 6) is 1.36. The number of rotatable bonds is 3.